The van der Waals surface area contributed by atoms with Gasteiger partial charge in [0, 0.05) is 18.6 Å². The number of amides is 3. The summed E-state index contributed by atoms with van der Waals surface area (Å²) in [5, 5.41) is 61.1. The van der Waals surface area contributed by atoms with Gasteiger partial charge in [-0.15, -0.1) is 11.8 Å². The number of carboxylic acid groups (broad SMARTS) is 1. The Morgan fingerprint density at radius 1 is 1.18 bits per heavy atom. The summed E-state index contributed by atoms with van der Waals surface area (Å²) in [6.45, 7) is 5.31. The summed E-state index contributed by atoms with van der Waals surface area (Å²) in [6, 6.07) is -0.113. The van der Waals surface area contributed by atoms with Crippen LogP contribution in [0.2, 0.25) is 0 Å². The van der Waals surface area contributed by atoms with Crippen molar-refractivity contribution in [2.75, 3.05) is 6.61 Å². The van der Waals surface area contributed by atoms with Crippen LogP contribution >= 0.6 is 11.8 Å². The van der Waals surface area contributed by atoms with Crippen LogP contribution in [0.4, 0.5) is 4.79 Å². The first-order valence-corrected chi connectivity index (χ1v) is 14.2. The molecule has 228 valence electrons. The molecule has 0 spiro atoms. The maximum Gasteiger partial charge on any atom is 0.378 e. The highest BCUT2D eigenvalue weighted by molar-refractivity contribution is 8.00. The van der Waals surface area contributed by atoms with E-state index in [0.29, 0.717) is 12.8 Å². The molecule has 3 amide bonds. The van der Waals surface area contributed by atoms with E-state index in [0.717, 1.165) is 19.8 Å². The molecule has 0 aliphatic carbocycles. The van der Waals surface area contributed by atoms with E-state index in [9.17, 15) is 44.7 Å². The molecule has 40 heavy (non-hydrogen) atoms. The van der Waals surface area contributed by atoms with Crippen LogP contribution in [0.3, 0.4) is 0 Å². The fraction of sp³-hybridized carbons (Fsp3) is 0.840. The van der Waals surface area contributed by atoms with E-state index in [4.69, 9.17) is 9.47 Å². The van der Waals surface area contributed by atoms with Gasteiger partial charge >= 0.3 is 23.8 Å². The van der Waals surface area contributed by atoms with Gasteiger partial charge in [0.25, 0.3) is 0 Å². The summed E-state index contributed by atoms with van der Waals surface area (Å²) in [5.74, 6) is -6.18. The van der Waals surface area contributed by atoms with E-state index in [1.54, 1.807) is 11.8 Å². The molecule has 15 heteroatoms. The van der Waals surface area contributed by atoms with Gasteiger partial charge in [0.1, 0.15) is 18.3 Å². The molecule has 14 nitrogen and oxygen atoms in total. The van der Waals surface area contributed by atoms with Crippen molar-refractivity contribution in [2.45, 2.75) is 119 Å². The van der Waals surface area contributed by atoms with Crippen molar-refractivity contribution in [1.29, 1.82) is 0 Å². The normalized spacial score (nSPS) is 38.0. The molecule has 3 rings (SSSR count). The van der Waals surface area contributed by atoms with Crippen molar-refractivity contribution in [2.24, 2.45) is 5.41 Å². The lowest BCUT2D eigenvalue weighted by Crippen LogP contribution is -2.84. The lowest BCUT2D eigenvalue weighted by molar-refractivity contribution is -0.383. The second-order valence-corrected chi connectivity index (χ2v) is 13.1. The summed E-state index contributed by atoms with van der Waals surface area (Å²) < 4.78 is 11.3. The van der Waals surface area contributed by atoms with E-state index in [2.05, 4.69) is 16.0 Å². The topological polar surface area (TPSA) is 224 Å². The molecule has 0 saturated carbocycles. The molecular formula is C25H41N3O11S. The summed E-state index contributed by atoms with van der Waals surface area (Å²) in [5.41, 5.74) is -6.05. The lowest BCUT2D eigenvalue weighted by Gasteiger charge is -2.64. The fourth-order valence-corrected chi connectivity index (χ4v) is 7.47. The number of aliphatic carboxylic acids is 1. The molecule has 0 radical (unpaired) electrons. The number of hydrogen-bond donors (Lipinski definition) is 8. The quantitative estimate of drug-likeness (QED) is 0.109. The van der Waals surface area contributed by atoms with Crippen LogP contribution < -0.4 is 16.0 Å². The van der Waals surface area contributed by atoms with E-state index in [1.807, 2.05) is 0 Å². The number of urea groups is 1. The number of aliphatic hydroxyl groups excluding tert-OH is 3. The van der Waals surface area contributed by atoms with Crippen LogP contribution in [0.5, 0.6) is 0 Å². The monoisotopic (exact) mass is 591 g/mol. The first kappa shape index (κ1) is 32.3. The zero-order valence-electron chi connectivity index (χ0n) is 23.3. The number of nitrogens with one attached hydrogen (secondary N) is 3. The minimum atomic E-state index is -2.84. The van der Waals surface area contributed by atoms with E-state index in [-0.39, 0.29) is 29.1 Å². The van der Waals surface area contributed by atoms with E-state index >= 15 is 0 Å². The number of esters is 1. The largest absolute Gasteiger partial charge is 0.476 e. The van der Waals surface area contributed by atoms with Gasteiger partial charge in [-0.05, 0) is 33.1 Å². The molecular weight excluding hydrogens is 550 g/mol. The predicted octanol–water partition coefficient (Wildman–Crippen LogP) is -0.831. The summed E-state index contributed by atoms with van der Waals surface area (Å²) >= 11 is 1.66. The number of carboxylic acids is 1. The number of aliphatic hydroxyl groups is 4. The minimum Gasteiger partial charge on any atom is -0.476 e. The van der Waals surface area contributed by atoms with Crippen molar-refractivity contribution >= 4 is 35.6 Å². The first-order valence-electron chi connectivity index (χ1n) is 13.3. The maximum absolute atomic E-state index is 13.0. The number of carbonyl (C=O) groups is 4. The smallest absolute Gasteiger partial charge is 0.378 e. The van der Waals surface area contributed by atoms with Gasteiger partial charge in [-0.1, -0.05) is 20.3 Å². The van der Waals surface area contributed by atoms with Gasteiger partial charge in [0.05, 0.1) is 34.6 Å². The third-order valence-corrected chi connectivity index (χ3v) is 10.3. The lowest BCUT2D eigenvalue weighted by atomic mass is 9.56. The van der Waals surface area contributed by atoms with Gasteiger partial charge in [-0.25, -0.2) is 9.59 Å². The molecule has 3 aliphatic heterocycles. The SMILES string of the molecule is CC(=O)N[C@@]1(C)[C@H](C(O)C(O)CO)O[C@@](OC(=O)CCCCC2C[C@@H]3NC(=O)N[C@@H]3S2)(C(=O)O)C(C)(C)[C@]1(C)O. The van der Waals surface area contributed by atoms with Crippen LogP contribution in [-0.2, 0) is 23.9 Å². The van der Waals surface area contributed by atoms with E-state index < -0.39 is 65.1 Å². The van der Waals surface area contributed by atoms with Crippen LogP contribution in [0.15, 0.2) is 0 Å². The van der Waals surface area contributed by atoms with Crippen molar-refractivity contribution in [3.63, 3.8) is 0 Å². The van der Waals surface area contributed by atoms with Gasteiger partial charge in [-0.3, -0.25) is 9.59 Å². The zero-order valence-corrected chi connectivity index (χ0v) is 24.1. The van der Waals surface area contributed by atoms with Crippen molar-refractivity contribution in [1.82, 2.24) is 16.0 Å². The number of fused-ring (bicyclic) bond motifs is 1. The average molecular weight is 592 g/mol. The van der Waals surface area contributed by atoms with Crippen LogP contribution in [0.1, 0.15) is 66.7 Å². The molecule has 3 fully saturated rings. The third-order valence-electron chi connectivity index (χ3n) is 8.75. The van der Waals surface area contributed by atoms with Crippen LogP contribution in [0, 0.1) is 5.41 Å². The van der Waals surface area contributed by atoms with Gasteiger partial charge < -0.3 is 51.0 Å². The Kier molecular flexibility index (Phi) is 9.38. The van der Waals surface area contributed by atoms with Crippen LogP contribution in [0.25, 0.3) is 0 Å². The molecule has 3 heterocycles. The highest BCUT2D eigenvalue weighted by Gasteiger charge is 2.76. The first-order chi connectivity index (χ1) is 18.4. The molecule has 3 saturated heterocycles. The number of ether oxygens (including phenoxy) is 2. The minimum absolute atomic E-state index is 0.0205. The second kappa shape index (κ2) is 11.6. The maximum atomic E-state index is 13.0. The molecule has 0 aromatic rings. The van der Waals surface area contributed by atoms with Gasteiger partial charge in [0.15, 0.2) is 0 Å². The number of carbonyl (C=O) groups excluding carboxylic acids is 3. The molecule has 3 unspecified atom stereocenters. The number of unbranched alkanes of at least 4 members (excludes halogenated alkanes) is 1. The van der Waals surface area contributed by atoms with Gasteiger partial charge in [0.2, 0.25) is 5.91 Å². The Labute approximate surface area is 236 Å². The number of hydrogen-bond acceptors (Lipinski definition) is 11. The van der Waals surface area contributed by atoms with Crippen molar-refractivity contribution < 1.29 is 54.2 Å². The van der Waals surface area contributed by atoms with Crippen LogP contribution in [-0.4, -0.2) is 108 Å². The summed E-state index contributed by atoms with van der Waals surface area (Å²) in [6.07, 6.45) is -3.26. The summed E-state index contributed by atoms with van der Waals surface area (Å²) in [7, 11) is 0. The molecule has 9 atom stereocenters. The molecule has 0 aromatic heterocycles. The highest BCUT2D eigenvalue weighted by Crippen LogP contribution is 2.56. The highest BCUT2D eigenvalue weighted by atomic mass is 32.2. The standard InChI is InChI=1S/C25H41N3O11S/c1-12(30)28-23(4)18(17(33)15(31)11-29)39-25(20(34)35,22(2,3)24(23,5)37)38-16(32)9-7-6-8-13-10-14-19(40-13)27-21(36)26-14/h13-15,17-19,29,31,33,37H,6-11H2,1-5H3,(H,28,30)(H,34,35)(H2,26,27,36)/t13?,14-,15?,17?,18-,19+,23-,24-,25-/m0/s1. The molecule has 0 aromatic carbocycles. The predicted molar refractivity (Wildman–Crippen MR) is 141 cm³/mol. The Balaban J connectivity index is 1.77. The number of thioether (sulfide) groups is 1. The second-order valence-electron chi connectivity index (χ2n) is 11.6. The molecule has 0 bridgehead atoms. The third kappa shape index (κ3) is 5.51. The van der Waals surface area contributed by atoms with Gasteiger partial charge in [-0.2, -0.15) is 0 Å². The van der Waals surface area contributed by atoms with Crippen molar-refractivity contribution in [3.05, 3.63) is 0 Å². The Morgan fingerprint density at radius 2 is 1.82 bits per heavy atom. The Morgan fingerprint density at radius 3 is 2.38 bits per heavy atom. The summed E-state index contributed by atoms with van der Waals surface area (Å²) in [4.78, 5) is 49.2. The van der Waals surface area contributed by atoms with Crippen molar-refractivity contribution in [3.8, 4) is 0 Å². The molecule has 3 aliphatic rings. The van der Waals surface area contributed by atoms with E-state index in [1.165, 1.54) is 27.7 Å². The Hall–Kier alpha value is -2.17. The Bertz CT molecular complexity index is 994. The fourth-order valence-electron chi connectivity index (χ4n) is 5.89. The zero-order chi connectivity index (χ0) is 30.3. The average Bonchev–Trinajstić information content (AvgIpc) is 3.38. The number of rotatable bonds is 11. The molecule has 8 N–H and O–H groups in total.